The van der Waals surface area contributed by atoms with Crippen molar-refractivity contribution in [2.24, 2.45) is 0 Å². The Morgan fingerprint density at radius 3 is 1.61 bits per heavy atom. The minimum atomic E-state index is 0.204. The van der Waals surface area contributed by atoms with Crippen molar-refractivity contribution in [2.45, 2.75) is 71.8 Å². The highest BCUT2D eigenvalue weighted by Gasteiger charge is 2.18. The van der Waals surface area contributed by atoms with Crippen molar-refractivity contribution in [3.8, 4) is 33.8 Å². The molecule has 0 fully saturated rings. The molecule has 0 spiro atoms. The number of phenols is 2. The Bertz CT molecular complexity index is 1250. The predicted octanol–water partition coefficient (Wildman–Crippen LogP) is 8.22. The number of halogens is 1. The van der Waals surface area contributed by atoms with Gasteiger partial charge < -0.3 is 10.2 Å². The number of alkyl halides is 1. The summed E-state index contributed by atoms with van der Waals surface area (Å²) < 4.78 is 0. The molecule has 36 heavy (non-hydrogen) atoms. The maximum absolute atomic E-state index is 10.4. The highest BCUT2D eigenvalue weighted by molar-refractivity contribution is 6.17. The number of aromatic hydroxyl groups is 2. The van der Waals surface area contributed by atoms with Gasteiger partial charge >= 0.3 is 0 Å². The topological polar surface area (TPSA) is 71.2 Å². The van der Waals surface area contributed by atoms with Gasteiger partial charge in [0.1, 0.15) is 22.5 Å². The lowest BCUT2D eigenvalue weighted by Crippen LogP contribution is -2.02. The van der Waals surface area contributed by atoms with Crippen LogP contribution in [0.2, 0.25) is 0 Å². The molecule has 2 N–H and O–H groups in total. The summed E-state index contributed by atoms with van der Waals surface area (Å²) in [7, 11) is 0. The van der Waals surface area contributed by atoms with Crippen molar-refractivity contribution in [3.63, 3.8) is 0 Å². The summed E-state index contributed by atoms with van der Waals surface area (Å²) in [5.41, 5.74) is 7.51. The number of aromatic nitrogens is 3. The van der Waals surface area contributed by atoms with Crippen molar-refractivity contribution in [1.82, 2.24) is 15.0 Å². The molecule has 0 bridgehead atoms. The quantitative estimate of drug-likeness (QED) is 0.168. The summed E-state index contributed by atoms with van der Waals surface area (Å²) in [6, 6.07) is 15.7. The fraction of sp³-hybridized carbons (Fsp3) is 0.400. The third-order valence-corrected chi connectivity index (χ3v) is 7.01. The van der Waals surface area contributed by atoms with Crippen LogP contribution < -0.4 is 0 Å². The molecule has 4 aromatic rings. The van der Waals surface area contributed by atoms with Gasteiger partial charge in [0.25, 0.3) is 0 Å². The van der Waals surface area contributed by atoms with Crippen LogP contribution in [0.25, 0.3) is 33.3 Å². The van der Waals surface area contributed by atoms with Gasteiger partial charge in [-0.25, -0.2) is 0 Å². The molecule has 5 nitrogen and oxygen atoms in total. The molecule has 0 aliphatic rings. The standard InChI is InChI=1S/C30H36ClN3O2/c1-19(2)25-17-21(9-13-27(25)35)23-11-12-24(22-10-14-28(36)26(18-22)20(3)4)30-29(23)32-34(33-30)16-8-6-5-7-15-31/h9-14,17-20,35-36H,5-8,15-16H2,1-4H3. The van der Waals surface area contributed by atoms with E-state index in [-0.39, 0.29) is 11.8 Å². The molecule has 0 saturated carbocycles. The summed E-state index contributed by atoms with van der Waals surface area (Å²) >= 11 is 5.82. The number of hydrogen-bond acceptors (Lipinski definition) is 4. The van der Waals surface area contributed by atoms with E-state index in [1.54, 1.807) is 12.1 Å². The molecule has 0 atom stereocenters. The van der Waals surface area contributed by atoms with Crippen LogP contribution in [0.1, 0.15) is 76.3 Å². The van der Waals surface area contributed by atoms with Gasteiger partial charge in [0.2, 0.25) is 0 Å². The Balaban J connectivity index is 1.82. The highest BCUT2D eigenvalue weighted by Crippen LogP contribution is 2.38. The summed E-state index contributed by atoms with van der Waals surface area (Å²) in [6.07, 6.45) is 4.23. The van der Waals surface area contributed by atoms with E-state index in [1.807, 2.05) is 16.9 Å². The van der Waals surface area contributed by atoms with Crippen molar-refractivity contribution in [1.29, 1.82) is 0 Å². The third kappa shape index (κ3) is 5.52. The van der Waals surface area contributed by atoms with Crippen LogP contribution in [0.4, 0.5) is 0 Å². The van der Waals surface area contributed by atoms with Crippen LogP contribution in [-0.4, -0.2) is 31.1 Å². The van der Waals surface area contributed by atoms with Gasteiger partial charge in [-0.2, -0.15) is 15.0 Å². The summed E-state index contributed by atoms with van der Waals surface area (Å²) in [4.78, 5) is 1.81. The Morgan fingerprint density at radius 2 is 1.17 bits per heavy atom. The molecule has 6 heteroatoms. The molecule has 0 aliphatic heterocycles. The smallest absolute Gasteiger partial charge is 0.121 e. The lowest BCUT2D eigenvalue weighted by atomic mass is 9.92. The largest absolute Gasteiger partial charge is 0.508 e. The van der Waals surface area contributed by atoms with E-state index >= 15 is 0 Å². The molecule has 0 unspecified atom stereocenters. The van der Waals surface area contributed by atoms with Crippen LogP contribution in [0.5, 0.6) is 11.5 Å². The number of unbranched alkanes of at least 4 members (excludes halogenated alkanes) is 3. The lowest BCUT2D eigenvalue weighted by molar-refractivity contribution is 0.464. The molecule has 1 heterocycles. The van der Waals surface area contributed by atoms with Gasteiger partial charge in [0, 0.05) is 17.0 Å². The van der Waals surface area contributed by atoms with E-state index in [1.165, 1.54) is 0 Å². The molecule has 0 saturated heterocycles. The average molecular weight is 506 g/mol. The van der Waals surface area contributed by atoms with Gasteiger partial charge in [-0.05, 0) is 71.2 Å². The van der Waals surface area contributed by atoms with E-state index in [4.69, 9.17) is 21.8 Å². The van der Waals surface area contributed by atoms with Crippen LogP contribution in [0.3, 0.4) is 0 Å². The van der Waals surface area contributed by atoms with E-state index in [0.29, 0.717) is 17.4 Å². The fourth-order valence-electron chi connectivity index (χ4n) is 4.67. The van der Waals surface area contributed by atoms with Gasteiger partial charge in [-0.1, -0.05) is 64.8 Å². The minimum absolute atomic E-state index is 0.204. The number of phenolic OH excluding ortho intramolecular Hbond substituents is 2. The number of fused-ring (bicyclic) bond motifs is 1. The Kier molecular flexibility index (Phi) is 8.20. The Hall–Kier alpha value is -3.05. The maximum Gasteiger partial charge on any atom is 0.121 e. The van der Waals surface area contributed by atoms with E-state index in [2.05, 4.69) is 52.0 Å². The number of nitrogens with zero attached hydrogens (tertiary/aromatic N) is 3. The van der Waals surface area contributed by atoms with Gasteiger partial charge in [-0.15, -0.1) is 11.6 Å². The number of hydrogen-bond donors (Lipinski definition) is 2. The summed E-state index contributed by atoms with van der Waals surface area (Å²) in [5, 5.41) is 30.6. The molecule has 4 rings (SSSR count). The van der Waals surface area contributed by atoms with E-state index in [9.17, 15) is 10.2 Å². The van der Waals surface area contributed by atoms with Crippen LogP contribution >= 0.6 is 11.6 Å². The third-order valence-electron chi connectivity index (χ3n) is 6.74. The normalized spacial score (nSPS) is 11.8. The number of benzene rings is 3. The Morgan fingerprint density at radius 1 is 0.694 bits per heavy atom. The van der Waals surface area contributed by atoms with Crippen molar-refractivity contribution in [2.75, 3.05) is 5.88 Å². The van der Waals surface area contributed by atoms with Gasteiger partial charge in [0.15, 0.2) is 0 Å². The molecule has 0 amide bonds. The second-order valence-electron chi connectivity index (χ2n) is 10.1. The zero-order valence-corrected chi connectivity index (χ0v) is 22.4. The SMILES string of the molecule is CC(C)c1cc(-c2ccc(-c3ccc(O)c(C(C)C)c3)c3nn(CCCCCCCl)nc23)ccc1O. The zero-order valence-electron chi connectivity index (χ0n) is 21.6. The number of aryl methyl sites for hydroxylation is 1. The first-order valence-electron chi connectivity index (χ1n) is 12.9. The average Bonchev–Trinajstić information content (AvgIpc) is 3.28. The summed E-state index contributed by atoms with van der Waals surface area (Å²) in [6.45, 7) is 9.06. The molecule has 1 aromatic heterocycles. The van der Waals surface area contributed by atoms with E-state index in [0.717, 1.165) is 76.6 Å². The monoisotopic (exact) mass is 505 g/mol. The second-order valence-corrected chi connectivity index (χ2v) is 10.5. The van der Waals surface area contributed by atoms with Crippen molar-refractivity contribution in [3.05, 3.63) is 59.7 Å². The first-order valence-corrected chi connectivity index (χ1v) is 13.4. The molecule has 3 aromatic carbocycles. The number of rotatable bonds is 10. The maximum atomic E-state index is 10.4. The first-order chi connectivity index (χ1) is 17.3. The molecular formula is C30H36ClN3O2. The van der Waals surface area contributed by atoms with Gasteiger partial charge in [0.05, 0.1) is 6.54 Å². The lowest BCUT2D eigenvalue weighted by Gasteiger charge is -2.13. The second kappa shape index (κ2) is 11.3. The van der Waals surface area contributed by atoms with Crippen molar-refractivity contribution >= 4 is 22.6 Å². The van der Waals surface area contributed by atoms with Gasteiger partial charge in [-0.3, -0.25) is 0 Å². The van der Waals surface area contributed by atoms with Crippen LogP contribution in [0, 0.1) is 0 Å². The van der Waals surface area contributed by atoms with Crippen molar-refractivity contribution < 1.29 is 10.2 Å². The predicted molar refractivity (Wildman–Crippen MR) is 149 cm³/mol. The summed E-state index contributed by atoms with van der Waals surface area (Å²) in [5.74, 6) is 1.73. The minimum Gasteiger partial charge on any atom is -0.508 e. The molecule has 0 aliphatic carbocycles. The van der Waals surface area contributed by atoms with E-state index < -0.39 is 0 Å². The molecule has 0 radical (unpaired) electrons. The molecule has 190 valence electrons. The van der Waals surface area contributed by atoms with Crippen LogP contribution in [-0.2, 0) is 6.54 Å². The zero-order chi connectivity index (χ0) is 25.8. The first kappa shape index (κ1) is 26.0. The highest BCUT2D eigenvalue weighted by atomic mass is 35.5. The Labute approximate surface area is 218 Å². The molecular weight excluding hydrogens is 470 g/mol. The van der Waals surface area contributed by atoms with Crippen LogP contribution in [0.15, 0.2) is 48.5 Å². The fourth-order valence-corrected chi connectivity index (χ4v) is 4.86.